The van der Waals surface area contributed by atoms with E-state index in [0.29, 0.717) is 6.26 Å². The third-order valence-electron chi connectivity index (χ3n) is 0.919. The van der Waals surface area contributed by atoms with E-state index in [1.165, 1.54) is 0 Å². The minimum absolute atomic E-state index is 0.596. The van der Waals surface area contributed by atoms with Crippen LogP contribution in [0, 0.1) is 0 Å². The predicted molar refractivity (Wildman–Crippen MR) is 42.4 cm³/mol. The largest absolute Gasteiger partial charge is 0.363 e. The number of ketones is 1. The zero-order chi connectivity index (χ0) is 10.9. The van der Waals surface area contributed by atoms with Gasteiger partial charge in [0.05, 0.1) is 6.26 Å². The monoisotopic (exact) mass is 232 g/mol. The van der Waals surface area contributed by atoms with Crippen LogP contribution in [0.3, 0.4) is 0 Å². The van der Waals surface area contributed by atoms with Gasteiger partial charge in [0.1, 0.15) is 0 Å². The van der Waals surface area contributed by atoms with Crippen LogP contribution in [0.4, 0.5) is 0 Å². The highest BCUT2D eigenvalue weighted by Gasteiger charge is 2.37. The van der Waals surface area contributed by atoms with Crippen molar-refractivity contribution in [3.8, 4) is 0 Å². The van der Waals surface area contributed by atoms with E-state index >= 15 is 0 Å². The Morgan fingerprint density at radius 3 is 1.92 bits per heavy atom. The van der Waals surface area contributed by atoms with E-state index in [2.05, 4.69) is 4.18 Å². The lowest BCUT2D eigenvalue weighted by Gasteiger charge is -2.13. The lowest BCUT2D eigenvalue weighted by molar-refractivity contribution is -0.120. The molecule has 0 fully saturated rings. The highest BCUT2D eigenvalue weighted by Crippen LogP contribution is 2.42. The van der Waals surface area contributed by atoms with Gasteiger partial charge in [0.25, 0.3) is 10.1 Å². The van der Waals surface area contributed by atoms with Gasteiger partial charge >= 0.3 is 7.60 Å². The summed E-state index contributed by atoms with van der Waals surface area (Å²) in [4.78, 5) is 27.6. The zero-order valence-corrected chi connectivity index (χ0v) is 8.58. The molecule has 0 aliphatic rings. The molecule has 0 heterocycles. The summed E-state index contributed by atoms with van der Waals surface area (Å²) in [6.07, 6.45) is 0.596. The van der Waals surface area contributed by atoms with Crippen molar-refractivity contribution in [2.24, 2.45) is 0 Å². The molecule has 7 nitrogen and oxygen atoms in total. The molecule has 0 aliphatic heterocycles. The Balaban J connectivity index is 4.88. The molecule has 0 amide bonds. The SMILES string of the molecule is CC(=O)C(OS(C)(=O)=O)P(=O)(O)O. The molecule has 1 unspecified atom stereocenters. The molecule has 0 aromatic rings. The minimum atomic E-state index is -4.88. The van der Waals surface area contributed by atoms with Crippen molar-refractivity contribution in [3.05, 3.63) is 0 Å². The summed E-state index contributed by atoms with van der Waals surface area (Å²) < 4.78 is 35.4. The number of hydrogen-bond donors (Lipinski definition) is 2. The van der Waals surface area contributed by atoms with Crippen molar-refractivity contribution in [2.45, 2.75) is 12.8 Å². The number of carbonyl (C=O) groups excluding carboxylic acids is 1. The molecule has 1 atom stereocenters. The zero-order valence-electron chi connectivity index (χ0n) is 6.87. The van der Waals surface area contributed by atoms with Crippen molar-refractivity contribution in [3.63, 3.8) is 0 Å². The molecule has 0 saturated carbocycles. The molecule has 0 saturated heterocycles. The topological polar surface area (TPSA) is 118 Å². The van der Waals surface area contributed by atoms with Crippen LogP contribution in [0.5, 0.6) is 0 Å². The first-order valence-corrected chi connectivity index (χ1v) is 6.48. The molecule has 0 aromatic heterocycles. The fourth-order valence-corrected chi connectivity index (χ4v) is 2.38. The Morgan fingerprint density at radius 1 is 1.46 bits per heavy atom. The fraction of sp³-hybridized carbons (Fsp3) is 0.750. The van der Waals surface area contributed by atoms with Gasteiger partial charge in [-0.15, -0.1) is 0 Å². The minimum Gasteiger partial charge on any atom is -0.322 e. The third kappa shape index (κ3) is 5.12. The number of rotatable bonds is 4. The molecular weight excluding hydrogens is 223 g/mol. The lowest BCUT2D eigenvalue weighted by Crippen LogP contribution is -2.24. The fourth-order valence-electron chi connectivity index (χ4n) is 0.526. The molecule has 0 rings (SSSR count). The molecule has 0 aliphatic carbocycles. The third-order valence-corrected chi connectivity index (χ3v) is 2.68. The molecule has 78 valence electrons. The van der Waals surface area contributed by atoms with E-state index < -0.39 is 29.3 Å². The van der Waals surface area contributed by atoms with Gasteiger partial charge in [0, 0.05) is 0 Å². The van der Waals surface area contributed by atoms with Gasteiger partial charge in [-0.25, -0.2) is 4.18 Å². The number of Topliss-reactive ketones (excluding diaryl/α,β-unsaturated/α-hetero) is 1. The van der Waals surface area contributed by atoms with Crippen LogP contribution in [0.15, 0.2) is 0 Å². The summed E-state index contributed by atoms with van der Waals surface area (Å²) in [5.41, 5.74) is 0. The van der Waals surface area contributed by atoms with Gasteiger partial charge in [-0.2, -0.15) is 8.42 Å². The standard InChI is InChI=1S/C4H9O7PS/c1-3(5)4(12(6,7)8)11-13(2,9)10/h4H,1-2H3,(H2,6,7,8). The van der Waals surface area contributed by atoms with E-state index in [0.717, 1.165) is 6.92 Å². The van der Waals surface area contributed by atoms with Crippen LogP contribution in [-0.2, 0) is 23.7 Å². The van der Waals surface area contributed by atoms with E-state index in [-0.39, 0.29) is 0 Å². The number of carbonyl (C=O) groups is 1. The van der Waals surface area contributed by atoms with Crippen LogP contribution in [0.25, 0.3) is 0 Å². The van der Waals surface area contributed by atoms with Crippen molar-refractivity contribution in [1.29, 1.82) is 0 Å². The van der Waals surface area contributed by atoms with E-state index in [1.54, 1.807) is 0 Å². The first kappa shape index (κ1) is 12.7. The Bertz CT molecular complexity index is 338. The van der Waals surface area contributed by atoms with Crippen molar-refractivity contribution in [2.75, 3.05) is 6.26 Å². The molecule has 13 heavy (non-hydrogen) atoms. The molecule has 9 heteroatoms. The molecular formula is C4H9O7PS. The van der Waals surface area contributed by atoms with Gasteiger partial charge in [-0.3, -0.25) is 9.36 Å². The maximum atomic E-state index is 10.6. The first-order valence-electron chi connectivity index (χ1n) is 2.98. The Labute approximate surface area is 75.0 Å². The van der Waals surface area contributed by atoms with Crippen molar-refractivity contribution in [1.82, 2.24) is 0 Å². The van der Waals surface area contributed by atoms with Gasteiger partial charge < -0.3 is 9.79 Å². The molecule has 2 N–H and O–H groups in total. The first-order chi connectivity index (χ1) is 5.54. The van der Waals surface area contributed by atoms with E-state index in [1.807, 2.05) is 0 Å². The van der Waals surface area contributed by atoms with Crippen LogP contribution < -0.4 is 0 Å². The van der Waals surface area contributed by atoms with Crippen molar-refractivity contribution >= 4 is 23.5 Å². The average Bonchev–Trinajstić information content (AvgIpc) is 1.77. The Hall–Kier alpha value is -0.270. The Morgan fingerprint density at radius 2 is 1.85 bits per heavy atom. The molecule has 0 spiro atoms. The van der Waals surface area contributed by atoms with Crippen molar-refractivity contribution < 1.29 is 31.7 Å². The van der Waals surface area contributed by atoms with Crippen LogP contribution in [0.1, 0.15) is 6.92 Å². The molecule has 0 aromatic carbocycles. The lowest BCUT2D eigenvalue weighted by atomic mass is 10.5. The van der Waals surface area contributed by atoms with Crippen LogP contribution in [0.2, 0.25) is 0 Å². The predicted octanol–water partition coefficient (Wildman–Crippen LogP) is -0.945. The molecule has 0 bridgehead atoms. The maximum Gasteiger partial charge on any atom is 0.363 e. The van der Waals surface area contributed by atoms with Gasteiger partial charge in [0.2, 0.25) is 5.85 Å². The van der Waals surface area contributed by atoms with Crippen LogP contribution >= 0.6 is 7.60 Å². The quantitative estimate of drug-likeness (QED) is 0.474. The van der Waals surface area contributed by atoms with E-state index in [9.17, 15) is 17.8 Å². The number of hydrogen-bond acceptors (Lipinski definition) is 5. The average molecular weight is 232 g/mol. The van der Waals surface area contributed by atoms with Gasteiger partial charge in [-0.1, -0.05) is 0 Å². The van der Waals surface area contributed by atoms with Gasteiger partial charge in [0.15, 0.2) is 5.78 Å². The van der Waals surface area contributed by atoms with E-state index in [4.69, 9.17) is 9.79 Å². The summed E-state index contributed by atoms with van der Waals surface area (Å²) in [5, 5.41) is 0. The van der Waals surface area contributed by atoms with Crippen LogP contribution in [-0.4, -0.2) is 36.1 Å². The summed E-state index contributed by atoms with van der Waals surface area (Å²) >= 11 is 0. The summed E-state index contributed by atoms with van der Waals surface area (Å²) in [7, 11) is -8.94. The second-order valence-corrected chi connectivity index (χ2v) is 5.60. The summed E-state index contributed by atoms with van der Waals surface area (Å²) in [5.74, 6) is -3.28. The summed E-state index contributed by atoms with van der Waals surface area (Å²) in [6, 6.07) is 0. The second-order valence-electron chi connectivity index (χ2n) is 2.35. The molecule has 0 radical (unpaired) electrons. The highest BCUT2D eigenvalue weighted by atomic mass is 32.2. The van der Waals surface area contributed by atoms with Gasteiger partial charge in [-0.05, 0) is 6.92 Å². The highest BCUT2D eigenvalue weighted by molar-refractivity contribution is 7.86. The smallest absolute Gasteiger partial charge is 0.322 e. The normalized spacial score (nSPS) is 15.4. The Kier molecular flexibility index (Phi) is 3.77. The second kappa shape index (κ2) is 3.85. The maximum absolute atomic E-state index is 10.6. The summed E-state index contributed by atoms with van der Waals surface area (Å²) in [6.45, 7) is 0.828.